The summed E-state index contributed by atoms with van der Waals surface area (Å²) in [5.74, 6) is 0. The number of para-hydroxylation sites is 1. The third-order valence-corrected chi connectivity index (χ3v) is 12.6. The van der Waals surface area contributed by atoms with Crippen LogP contribution in [0.4, 0.5) is 11.4 Å². The van der Waals surface area contributed by atoms with Gasteiger partial charge in [-0.1, -0.05) is 176 Å². The SMILES string of the molecule is C1=CC(N(c2ccc(-c3cccc4ccccc34)cc2)c2ccccc2-c2ccc3oc4cc5ccccc5cc4c3c2)CC=C1c1cccc2c1ccc1ccccc12. The average molecular weight is 766 g/mol. The van der Waals surface area contributed by atoms with E-state index in [-0.39, 0.29) is 6.04 Å². The number of anilines is 2. The molecule has 12 rings (SSSR count). The molecule has 1 heterocycles. The lowest BCUT2D eigenvalue weighted by molar-refractivity contribution is 0.669. The molecule has 11 aromatic rings. The fourth-order valence-electron chi connectivity index (χ4n) is 9.64. The molecule has 60 heavy (non-hydrogen) atoms. The van der Waals surface area contributed by atoms with E-state index in [4.69, 9.17) is 4.42 Å². The summed E-state index contributed by atoms with van der Waals surface area (Å²) >= 11 is 0. The highest BCUT2D eigenvalue weighted by atomic mass is 16.3. The molecule has 10 aromatic carbocycles. The monoisotopic (exact) mass is 765 g/mol. The molecule has 0 saturated carbocycles. The normalized spacial score (nSPS) is 14.1. The van der Waals surface area contributed by atoms with Crippen LogP contribution in [0.3, 0.4) is 0 Å². The molecule has 0 fully saturated rings. The third kappa shape index (κ3) is 5.72. The summed E-state index contributed by atoms with van der Waals surface area (Å²) in [6.07, 6.45) is 8.03. The molecule has 2 heteroatoms. The Bertz CT molecular complexity index is 3530. The van der Waals surface area contributed by atoms with Crippen LogP contribution in [0.15, 0.2) is 223 Å². The Kier molecular flexibility index (Phi) is 8.02. The first-order valence-electron chi connectivity index (χ1n) is 20.8. The van der Waals surface area contributed by atoms with E-state index >= 15 is 0 Å². The molecule has 1 unspecified atom stereocenters. The second kappa shape index (κ2) is 14.0. The molecule has 0 radical (unpaired) electrons. The van der Waals surface area contributed by atoms with Crippen molar-refractivity contribution in [3.05, 3.63) is 224 Å². The summed E-state index contributed by atoms with van der Waals surface area (Å²) < 4.78 is 6.44. The van der Waals surface area contributed by atoms with Gasteiger partial charge in [0.15, 0.2) is 0 Å². The maximum atomic E-state index is 6.44. The topological polar surface area (TPSA) is 16.4 Å². The Morgan fingerprint density at radius 2 is 1.03 bits per heavy atom. The van der Waals surface area contributed by atoms with Gasteiger partial charge in [0.25, 0.3) is 0 Å². The van der Waals surface area contributed by atoms with Crippen LogP contribution in [0.2, 0.25) is 0 Å². The number of furan rings is 1. The maximum absolute atomic E-state index is 6.44. The minimum atomic E-state index is 0.0824. The maximum Gasteiger partial charge on any atom is 0.136 e. The molecule has 2 nitrogen and oxygen atoms in total. The van der Waals surface area contributed by atoms with Gasteiger partial charge in [-0.3, -0.25) is 0 Å². The lowest BCUT2D eigenvalue weighted by Crippen LogP contribution is -2.30. The number of hydrogen-bond donors (Lipinski definition) is 0. The molecular formula is C58H39NO. The second-order valence-electron chi connectivity index (χ2n) is 16.0. The zero-order valence-electron chi connectivity index (χ0n) is 32.9. The molecule has 1 aliphatic rings. The van der Waals surface area contributed by atoms with Crippen molar-refractivity contribution in [3.8, 4) is 22.3 Å². The van der Waals surface area contributed by atoms with E-state index in [0.717, 1.165) is 45.3 Å². The van der Waals surface area contributed by atoms with Gasteiger partial charge in [-0.25, -0.2) is 0 Å². The Hall–Kier alpha value is -7.68. The highest BCUT2D eigenvalue weighted by molar-refractivity contribution is 6.12. The van der Waals surface area contributed by atoms with Gasteiger partial charge in [-0.15, -0.1) is 0 Å². The minimum Gasteiger partial charge on any atom is -0.456 e. The smallest absolute Gasteiger partial charge is 0.136 e. The number of rotatable bonds is 6. The molecule has 0 bridgehead atoms. The van der Waals surface area contributed by atoms with Gasteiger partial charge in [0.05, 0.1) is 6.04 Å². The van der Waals surface area contributed by atoms with Gasteiger partial charge in [0, 0.05) is 27.7 Å². The van der Waals surface area contributed by atoms with E-state index in [9.17, 15) is 0 Å². The second-order valence-corrected chi connectivity index (χ2v) is 16.0. The number of hydrogen-bond acceptors (Lipinski definition) is 2. The lowest BCUT2D eigenvalue weighted by Gasteiger charge is -2.35. The zero-order chi connectivity index (χ0) is 39.6. The predicted octanol–water partition coefficient (Wildman–Crippen LogP) is 16.1. The predicted molar refractivity (Wildman–Crippen MR) is 255 cm³/mol. The molecule has 0 spiro atoms. The first-order valence-corrected chi connectivity index (χ1v) is 20.8. The van der Waals surface area contributed by atoms with Crippen LogP contribution in [0, 0.1) is 0 Å². The fourth-order valence-corrected chi connectivity index (χ4v) is 9.64. The van der Waals surface area contributed by atoms with Crippen molar-refractivity contribution in [2.75, 3.05) is 4.90 Å². The van der Waals surface area contributed by atoms with Gasteiger partial charge in [-0.2, -0.15) is 0 Å². The van der Waals surface area contributed by atoms with Crippen molar-refractivity contribution >= 4 is 82.0 Å². The van der Waals surface area contributed by atoms with Crippen LogP contribution in [0.25, 0.3) is 92.9 Å². The highest BCUT2D eigenvalue weighted by Crippen LogP contribution is 2.43. The van der Waals surface area contributed by atoms with Gasteiger partial charge in [-0.05, 0) is 120 Å². The van der Waals surface area contributed by atoms with E-state index in [1.54, 1.807) is 0 Å². The van der Waals surface area contributed by atoms with Gasteiger partial charge >= 0.3 is 0 Å². The van der Waals surface area contributed by atoms with Crippen LogP contribution in [0.1, 0.15) is 12.0 Å². The standard InChI is InChI=1S/C58H39NO/c1-2-14-43-37-58-55(35-42(43)13-1)54-36-44(28-34-57(54)60-58)51-18-7-8-22-56(51)59(45-29-23-40(24-30-45)48-19-9-15-38-11-3-5-16-47(38)48)46-31-25-41(26-32-46)50-20-10-21-52-49-17-6-4-12-39(49)27-33-53(50)52/h1-31,33-37,46H,32H2. The first-order chi connectivity index (χ1) is 29.7. The summed E-state index contributed by atoms with van der Waals surface area (Å²) in [5, 5.41) is 12.3. The number of benzene rings is 10. The third-order valence-electron chi connectivity index (χ3n) is 12.6. The highest BCUT2D eigenvalue weighted by Gasteiger charge is 2.24. The van der Waals surface area contributed by atoms with Gasteiger partial charge in [0.1, 0.15) is 11.2 Å². The molecular weight excluding hydrogens is 727 g/mol. The quantitative estimate of drug-likeness (QED) is 0.157. The molecule has 1 aromatic heterocycles. The Labute approximate surface area is 348 Å². The van der Waals surface area contributed by atoms with Crippen molar-refractivity contribution in [2.24, 2.45) is 0 Å². The Balaban J connectivity index is 0.974. The Morgan fingerprint density at radius 1 is 0.400 bits per heavy atom. The summed E-state index contributed by atoms with van der Waals surface area (Å²) in [7, 11) is 0. The number of fused-ring (bicyclic) bond motifs is 8. The van der Waals surface area contributed by atoms with E-state index in [1.165, 1.54) is 70.9 Å². The molecule has 282 valence electrons. The molecule has 0 saturated heterocycles. The number of allylic oxidation sites excluding steroid dienone is 2. The molecule has 1 aliphatic carbocycles. The van der Waals surface area contributed by atoms with Crippen LogP contribution in [-0.4, -0.2) is 6.04 Å². The summed E-state index contributed by atoms with van der Waals surface area (Å²) in [4.78, 5) is 2.54. The van der Waals surface area contributed by atoms with E-state index in [2.05, 4.69) is 223 Å². The Morgan fingerprint density at radius 3 is 1.87 bits per heavy atom. The van der Waals surface area contributed by atoms with Crippen molar-refractivity contribution in [3.63, 3.8) is 0 Å². The largest absolute Gasteiger partial charge is 0.456 e. The molecule has 0 amide bonds. The van der Waals surface area contributed by atoms with Gasteiger partial charge < -0.3 is 9.32 Å². The van der Waals surface area contributed by atoms with Crippen molar-refractivity contribution < 1.29 is 4.42 Å². The van der Waals surface area contributed by atoms with Crippen molar-refractivity contribution in [1.29, 1.82) is 0 Å². The molecule has 1 atom stereocenters. The average Bonchev–Trinajstić information content (AvgIpc) is 3.67. The summed E-state index contributed by atoms with van der Waals surface area (Å²) in [5.41, 5.74) is 11.4. The van der Waals surface area contributed by atoms with Crippen LogP contribution in [-0.2, 0) is 0 Å². The van der Waals surface area contributed by atoms with Crippen molar-refractivity contribution in [1.82, 2.24) is 0 Å². The van der Waals surface area contributed by atoms with Crippen LogP contribution >= 0.6 is 0 Å². The summed E-state index contributed by atoms with van der Waals surface area (Å²) in [6.45, 7) is 0. The summed E-state index contributed by atoms with van der Waals surface area (Å²) in [6, 6.07) is 72.9. The fraction of sp³-hybridized carbons (Fsp3) is 0.0345. The zero-order valence-corrected chi connectivity index (χ0v) is 32.9. The van der Waals surface area contributed by atoms with Crippen molar-refractivity contribution in [2.45, 2.75) is 12.5 Å². The molecule has 0 aliphatic heterocycles. The minimum absolute atomic E-state index is 0.0824. The number of nitrogens with zero attached hydrogens (tertiary/aromatic N) is 1. The van der Waals surface area contributed by atoms with Gasteiger partial charge in [0.2, 0.25) is 0 Å². The van der Waals surface area contributed by atoms with E-state index in [1.807, 2.05) is 0 Å². The molecule has 0 N–H and O–H groups in total. The van der Waals surface area contributed by atoms with E-state index < -0.39 is 0 Å². The van der Waals surface area contributed by atoms with E-state index in [0.29, 0.717) is 0 Å². The van der Waals surface area contributed by atoms with Crippen LogP contribution in [0.5, 0.6) is 0 Å². The lowest BCUT2D eigenvalue weighted by atomic mass is 9.90. The first kappa shape index (κ1) is 34.4. The van der Waals surface area contributed by atoms with Crippen LogP contribution < -0.4 is 4.90 Å².